The van der Waals surface area contributed by atoms with Gasteiger partial charge in [-0.25, -0.2) is 0 Å². The van der Waals surface area contributed by atoms with E-state index in [0.29, 0.717) is 0 Å². The number of carboxylic acid groups (broad SMARTS) is 1. The first kappa shape index (κ1) is 16.7. The summed E-state index contributed by atoms with van der Waals surface area (Å²) in [4.78, 5) is 13.7. The van der Waals surface area contributed by atoms with Crippen molar-refractivity contribution in [3.05, 3.63) is 30.1 Å². The minimum atomic E-state index is -1.01. The number of aromatic nitrogens is 1. The Bertz CT molecular complexity index is 280. The summed E-state index contributed by atoms with van der Waals surface area (Å²) in [6, 6.07) is 3.77. The van der Waals surface area contributed by atoms with E-state index in [1.54, 1.807) is 33.0 Å². The quantitative estimate of drug-likeness (QED) is 0.515. The molecule has 3 nitrogen and oxygen atoms in total. The van der Waals surface area contributed by atoms with Gasteiger partial charge in [0.15, 0.2) is 0 Å². The fourth-order valence-electron chi connectivity index (χ4n) is 0.394. The van der Waals surface area contributed by atoms with Crippen molar-refractivity contribution in [1.29, 1.82) is 0 Å². The zero-order valence-corrected chi connectivity index (χ0v) is 12.7. The standard InChI is InChI=1S/C6H6N.C5H10O2.Zn/c1-6-3-2-4-7-5-6;1-5(2,3)4(6)7;/h2-3,5H,1H3;1-3H3,(H,6,7);/q-1;;+2/p-1. The van der Waals surface area contributed by atoms with E-state index >= 15 is 0 Å². The Hall–Kier alpha value is -0.757. The van der Waals surface area contributed by atoms with Gasteiger partial charge in [-0.3, -0.25) is 0 Å². The molecule has 1 aromatic heterocycles. The Morgan fingerprint density at radius 3 is 2.07 bits per heavy atom. The molecule has 0 aliphatic heterocycles. The smallest absolute Gasteiger partial charge is 0.550 e. The molecular weight excluding hydrogens is 244 g/mol. The van der Waals surface area contributed by atoms with Gasteiger partial charge in [0, 0.05) is 11.4 Å². The monoisotopic (exact) mass is 257 g/mol. The molecule has 0 aromatic carbocycles. The Morgan fingerprint density at radius 2 is 1.93 bits per heavy atom. The Kier molecular flexibility index (Phi) is 8.36. The Labute approximate surface area is 104 Å². The molecule has 15 heavy (non-hydrogen) atoms. The maximum atomic E-state index is 9.91. The summed E-state index contributed by atoms with van der Waals surface area (Å²) in [6.45, 7) is 6.80. The van der Waals surface area contributed by atoms with Gasteiger partial charge in [-0.05, 0) is 0 Å². The first-order chi connectivity index (χ1) is 6.34. The summed E-state index contributed by atoms with van der Waals surface area (Å²) < 4.78 is 0. The molecule has 0 spiro atoms. The van der Waals surface area contributed by atoms with Crippen LogP contribution >= 0.6 is 0 Å². The summed E-state index contributed by atoms with van der Waals surface area (Å²) in [5, 5.41) is 9.91. The van der Waals surface area contributed by atoms with Crippen LogP contribution in [-0.2, 0) is 24.3 Å². The molecular formula is C11H15NO2Zn. The maximum Gasteiger partial charge on any atom is 2.00 e. The second kappa shape index (κ2) is 7.52. The van der Waals surface area contributed by atoms with E-state index in [0.717, 1.165) is 0 Å². The molecule has 0 saturated heterocycles. The number of carbonyl (C=O) groups excluding carboxylic acids is 1. The average Bonchev–Trinajstić information content (AvgIpc) is 2.04. The van der Waals surface area contributed by atoms with E-state index in [-0.39, 0.29) is 19.5 Å². The number of hydrogen-bond acceptors (Lipinski definition) is 3. The molecule has 1 heterocycles. The van der Waals surface area contributed by atoms with E-state index in [4.69, 9.17) is 0 Å². The normalized spacial score (nSPS) is 9.33. The molecule has 0 unspecified atom stereocenters. The zero-order valence-electron chi connectivity index (χ0n) is 9.70. The summed E-state index contributed by atoms with van der Waals surface area (Å²) in [5.41, 5.74) is 0.485. The summed E-state index contributed by atoms with van der Waals surface area (Å²) in [6.07, 6.45) is 4.46. The number of carboxylic acids is 1. The van der Waals surface area contributed by atoms with Crippen LogP contribution in [0, 0.1) is 18.5 Å². The van der Waals surface area contributed by atoms with Crippen LogP contribution in [0.3, 0.4) is 0 Å². The van der Waals surface area contributed by atoms with Crippen molar-refractivity contribution in [2.75, 3.05) is 0 Å². The zero-order chi connectivity index (χ0) is 11.2. The third-order valence-electron chi connectivity index (χ3n) is 1.38. The van der Waals surface area contributed by atoms with Crippen LogP contribution in [0.25, 0.3) is 0 Å². The molecule has 0 saturated carbocycles. The average molecular weight is 259 g/mol. The van der Waals surface area contributed by atoms with Crippen LogP contribution in [0.1, 0.15) is 26.3 Å². The number of carbonyl (C=O) groups is 1. The van der Waals surface area contributed by atoms with Crippen LogP contribution in [0.4, 0.5) is 0 Å². The fourth-order valence-corrected chi connectivity index (χ4v) is 0.394. The predicted molar refractivity (Wildman–Crippen MR) is 52.3 cm³/mol. The first-order valence-electron chi connectivity index (χ1n) is 4.34. The third kappa shape index (κ3) is 9.55. The van der Waals surface area contributed by atoms with Crippen molar-refractivity contribution < 1.29 is 29.4 Å². The van der Waals surface area contributed by atoms with E-state index in [2.05, 4.69) is 11.2 Å². The van der Waals surface area contributed by atoms with Crippen molar-refractivity contribution >= 4 is 5.97 Å². The molecule has 0 atom stereocenters. The maximum absolute atomic E-state index is 9.91. The van der Waals surface area contributed by atoms with Gasteiger partial charge >= 0.3 is 19.5 Å². The van der Waals surface area contributed by atoms with E-state index in [1.807, 2.05) is 13.0 Å². The molecule has 78 valence electrons. The largest absolute Gasteiger partial charge is 2.00 e. The molecule has 0 N–H and O–H groups in total. The minimum absolute atomic E-state index is 0. The molecule has 4 heteroatoms. The van der Waals surface area contributed by atoms with E-state index < -0.39 is 11.4 Å². The van der Waals surface area contributed by atoms with Gasteiger partial charge in [-0.15, -0.1) is 5.56 Å². The number of rotatable bonds is 0. The van der Waals surface area contributed by atoms with Crippen molar-refractivity contribution in [2.45, 2.75) is 27.7 Å². The topological polar surface area (TPSA) is 53.0 Å². The Balaban J connectivity index is 0. The van der Waals surface area contributed by atoms with Crippen molar-refractivity contribution in [3.8, 4) is 0 Å². The number of hydrogen-bond donors (Lipinski definition) is 0. The van der Waals surface area contributed by atoms with E-state index in [9.17, 15) is 9.90 Å². The predicted octanol–water partition coefficient (Wildman–Crippen LogP) is 0.970. The van der Waals surface area contributed by atoms with Gasteiger partial charge < -0.3 is 14.9 Å². The minimum Gasteiger partial charge on any atom is -0.550 e. The first-order valence-corrected chi connectivity index (χ1v) is 4.34. The van der Waals surface area contributed by atoms with Crippen molar-refractivity contribution in [1.82, 2.24) is 4.98 Å². The van der Waals surface area contributed by atoms with Crippen molar-refractivity contribution in [3.63, 3.8) is 0 Å². The summed E-state index contributed by atoms with van der Waals surface area (Å²) in [5.74, 6) is -1.01. The van der Waals surface area contributed by atoms with Crippen LogP contribution in [0.5, 0.6) is 0 Å². The number of aliphatic carboxylic acids is 1. The summed E-state index contributed by atoms with van der Waals surface area (Å²) >= 11 is 0. The number of pyridine rings is 1. The number of aryl methyl sites for hydroxylation is 1. The molecule has 0 amide bonds. The molecule has 1 aromatic rings. The van der Waals surface area contributed by atoms with E-state index in [1.165, 1.54) is 5.56 Å². The van der Waals surface area contributed by atoms with Crippen LogP contribution in [0.2, 0.25) is 0 Å². The molecule has 0 fully saturated rings. The van der Waals surface area contributed by atoms with Gasteiger partial charge in [-0.1, -0.05) is 40.1 Å². The van der Waals surface area contributed by atoms with Gasteiger partial charge in [0.25, 0.3) is 0 Å². The van der Waals surface area contributed by atoms with Crippen LogP contribution < -0.4 is 5.11 Å². The van der Waals surface area contributed by atoms with Crippen LogP contribution in [-0.4, -0.2) is 11.0 Å². The Morgan fingerprint density at radius 1 is 1.47 bits per heavy atom. The SMILES string of the molecule is CC(C)(C)C(=O)[O-].Cc1cc[c-]nc1.[Zn+2]. The summed E-state index contributed by atoms with van der Waals surface area (Å²) in [7, 11) is 0. The second-order valence-corrected chi connectivity index (χ2v) is 4.00. The molecule has 0 bridgehead atoms. The third-order valence-corrected chi connectivity index (χ3v) is 1.38. The van der Waals surface area contributed by atoms with Crippen LogP contribution in [0.15, 0.2) is 18.3 Å². The van der Waals surface area contributed by atoms with Gasteiger partial charge in [0.05, 0.1) is 0 Å². The number of nitrogens with zero attached hydrogens (tertiary/aromatic N) is 1. The van der Waals surface area contributed by atoms with Gasteiger partial charge in [-0.2, -0.15) is 12.1 Å². The molecule has 0 radical (unpaired) electrons. The second-order valence-electron chi connectivity index (χ2n) is 4.00. The van der Waals surface area contributed by atoms with Gasteiger partial charge in [0.1, 0.15) is 0 Å². The van der Waals surface area contributed by atoms with Crippen molar-refractivity contribution in [2.24, 2.45) is 5.41 Å². The van der Waals surface area contributed by atoms with Gasteiger partial charge in [0.2, 0.25) is 0 Å². The molecule has 0 aliphatic rings. The molecule has 0 aliphatic carbocycles. The molecule has 1 rings (SSSR count). The fraction of sp³-hybridized carbons (Fsp3) is 0.455.